The molecule has 0 atom stereocenters. The Kier molecular flexibility index (Phi) is 3.17. The number of nitrogen functional groups attached to an aromatic ring is 1. The molecule has 2 N–H and O–H groups in total. The first-order valence-electron chi connectivity index (χ1n) is 6.25. The van der Waals surface area contributed by atoms with Gasteiger partial charge in [-0.15, -0.1) is 0 Å². The summed E-state index contributed by atoms with van der Waals surface area (Å²) in [5, 5.41) is 0. The summed E-state index contributed by atoms with van der Waals surface area (Å²) in [6.07, 6.45) is 3.12. The van der Waals surface area contributed by atoms with E-state index in [9.17, 15) is 0 Å². The predicted octanol–water partition coefficient (Wildman–Crippen LogP) is 1.64. The number of nitrogens with two attached hydrogens (primary N) is 1. The molecule has 1 aromatic rings. The van der Waals surface area contributed by atoms with Gasteiger partial charge in [0.2, 0.25) is 11.9 Å². The first kappa shape index (κ1) is 12.1. The fourth-order valence-corrected chi connectivity index (χ4v) is 2.04. The zero-order chi connectivity index (χ0) is 12.5. The summed E-state index contributed by atoms with van der Waals surface area (Å²) in [6, 6.07) is 0. The first-order chi connectivity index (χ1) is 8.00. The third kappa shape index (κ3) is 2.84. The number of nitrogens with zero attached hydrogens (tertiary/aromatic N) is 4. The molecule has 1 aliphatic heterocycles. The minimum atomic E-state index is 0.330. The van der Waals surface area contributed by atoms with Crippen LogP contribution in [0.1, 0.15) is 39.4 Å². The second-order valence-electron chi connectivity index (χ2n) is 5.41. The molecule has 1 saturated heterocycles. The molecule has 0 radical (unpaired) electrons. The number of aromatic nitrogens is 3. The Morgan fingerprint density at radius 1 is 1.18 bits per heavy atom. The molecule has 1 fully saturated rings. The monoisotopic (exact) mass is 235 g/mol. The molecule has 0 aromatic carbocycles. The van der Waals surface area contributed by atoms with Crippen LogP contribution in [-0.2, 0) is 6.42 Å². The van der Waals surface area contributed by atoms with Crippen LogP contribution in [0.4, 0.5) is 11.9 Å². The lowest BCUT2D eigenvalue weighted by Crippen LogP contribution is -2.38. The van der Waals surface area contributed by atoms with Crippen LogP contribution in [0.25, 0.3) is 0 Å². The van der Waals surface area contributed by atoms with E-state index >= 15 is 0 Å². The highest BCUT2D eigenvalue weighted by Crippen LogP contribution is 2.31. The van der Waals surface area contributed by atoms with Gasteiger partial charge in [0.1, 0.15) is 5.82 Å². The maximum absolute atomic E-state index is 5.71. The summed E-state index contributed by atoms with van der Waals surface area (Å²) in [4.78, 5) is 15.0. The molecule has 0 amide bonds. The molecule has 2 heterocycles. The van der Waals surface area contributed by atoms with E-state index < -0.39 is 0 Å². The van der Waals surface area contributed by atoms with Gasteiger partial charge in [0.25, 0.3) is 0 Å². The maximum atomic E-state index is 5.71. The van der Waals surface area contributed by atoms with Crippen molar-refractivity contribution in [3.05, 3.63) is 5.82 Å². The zero-order valence-corrected chi connectivity index (χ0v) is 10.9. The van der Waals surface area contributed by atoms with Crippen LogP contribution in [0.3, 0.4) is 0 Å². The highest BCUT2D eigenvalue weighted by atomic mass is 15.3. The molecule has 5 nitrogen and oxygen atoms in total. The summed E-state index contributed by atoms with van der Waals surface area (Å²) >= 11 is 0. The van der Waals surface area contributed by atoms with E-state index in [0.717, 1.165) is 31.3 Å². The SMILES string of the molecule is CCc1nc(N)nc(N2CCC(C)(C)CC2)n1. The van der Waals surface area contributed by atoms with Gasteiger partial charge in [0.05, 0.1) is 0 Å². The van der Waals surface area contributed by atoms with E-state index in [-0.39, 0.29) is 0 Å². The Labute approximate surface area is 102 Å². The largest absolute Gasteiger partial charge is 0.368 e. The van der Waals surface area contributed by atoms with Crippen molar-refractivity contribution >= 4 is 11.9 Å². The van der Waals surface area contributed by atoms with Crippen LogP contribution in [0.2, 0.25) is 0 Å². The maximum Gasteiger partial charge on any atom is 0.230 e. The van der Waals surface area contributed by atoms with Crippen molar-refractivity contribution in [1.29, 1.82) is 0 Å². The Morgan fingerprint density at radius 3 is 2.41 bits per heavy atom. The normalized spacial score (nSPS) is 19.4. The summed E-state index contributed by atoms with van der Waals surface area (Å²) in [5.74, 6) is 1.85. The van der Waals surface area contributed by atoms with Crippen LogP contribution in [0.15, 0.2) is 0 Å². The van der Waals surface area contributed by atoms with Crippen molar-refractivity contribution < 1.29 is 0 Å². The molecule has 17 heavy (non-hydrogen) atoms. The fourth-order valence-electron chi connectivity index (χ4n) is 2.04. The van der Waals surface area contributed by atoms with Crippen molar-refractivity contribution in [2.75, 3.05) is 23.7 Å². The van der Waals surface area contributed by atoms with Crippen LogP contribution >= 0.6 is 0 Å². The molecule has 94 valence electrons. The van der Waals surface area contributed by atoms with E-state index in [0.29, 0.717) is 11.4 Å². The second kappa shape index (κ2) is 4.47. The van der Waals surface area contributed by atoms with Gasteiger partial charge < -0.3 is 10.6 Å². The third-order valence-electron chi connectivity index (χ3n) is 3.40. The van der Waals surface area contributed by atoms with Crippen molar-refractivity contribution in [3.8, 4) is 0 Å². The second-order valence-corrected chi connectivity index (χ2v) is 5.41. The number of hydrogen-bond acceptors (Lipinski definition) is 5. The average molecular weight is 235 g/mol. The van der Waals surface area contributed by atoms with Crippen molar-refractivity contribution in [2.45, 2.75) is 40.0 Å². The highest BCUT2D eigenvalue weighted by molar-refractivity contribution is 5.35. The molecule has 0 spiro atoms. The van der Waals surface area contributed by atoms with Crippen LogP contribution in [0, 0.1) is 5.41 Å². The summed E-state index contributed by atoms with van der Waals surface area (Å²) in [6.45, 7) is 8.64. The van der Waals surface area contributed by atoms with Gasteiger partial charge in [0.15, 0.2) is 0 Å². The van der Waals surface area contributed by atoms with Gasteiger partial charge in [-0.2, -0.15) is 15.0 Å². The van der Waals surface area contributed by atoms with Crippen LogP contribution in [-0.4, -0.2) is 28.0 Å². The minimum Gasteiger partial charge on any atom is -0.368 e. The van der Waals surface area contributed by atoms with Gasteiger partial charge in [-0.05, 0) is 18.3 Å². The quantitative estimate of drug-likeness (QED) is 0.844. The lowest BCUT2D eigenvalue weighted by Gasteiger charge is -2.36. The number of rotatable bonds is 2. The molecule has 1 aliphatic rings. The van der Waals surface area contributed by atoms with Crippen LogP contribution in [0.5, 0.6) is 0 Å². The molecule has 0 saturated carbocycles. The smallest absolute Gasteiger partial charge is 0.230 e. The van der Waals surface area contributed by atoms with E-state index in [2.05, 4.69) is 33.7 Å². The molecular formula is C12H21N5. The Hall–Kier alpha value is -1.39. The summed E-state index contributed by atoms with van der Waals surface area (Å²) < 4.78 is 0. The van der Waals surface area contributed by atoms with Crippen molar-refractivity contribution in [1.82, 2.24) is 15.0 Å². The number of hydrogen-bond donors (Lipinski definition) is 1. The van der Waals surface area contributed by atoms with E-state index in [1.807, 2.05) is 6.92 Å². The first-order valence-corrected chi connectivity index (χ1v) is 6.25. The van der Waals surface area contributed by atoms with Gasteiger partial charge >= 0.3 is 0 Å². The molecule has 0 aliphatic carbocycles. The number of aryl methyl sites for hydroxylation is 1. The Bertz CT molecular complexity index is 392. The molecule has 1 aromatic heterocycles. The standard InChI is InChI=1S/C12H21N5/c1-4-9-14-10(13)16-11(15-9)17-7-5-12(2,3)6-8-17/h4-8H2,1-3H3,(H2,13,14,15,16). The minimum absolute atomic E-state index is 0.330. The van der Waals surface area contributed by atoms with Crippen LogP contribution < -0.4 is 10.6 Å². The Morgan fingerprint density at radius 2 is 1.82 bits per heavy atom. The van der Waals surface area contributed by atoms with E-state index in [4.69, 9.17) is 5.73 Å². The predicted molar refractivity (Wildman–Crippen MR) is 68.8 cm³/mol. The number of piperidine rings is 1. The molecule has 0 unspecified atom stereocenters. The van der Waals surface area contributed by atoms with Gasteiger partial charge in [-0.3, -0.25) is 0 Å². The Balaban J connectivity index is 2.15. The molecular weight excluding hydrogens is 214 g/mol. The summed E-state index contributed by atoms with van der Waals surface area (Å²) in [5.41, 5.74) is 6.14. The topological polar surface area (TPSA) is 67.9 Å². The molecule has 2 rings (SSSR count). The van der Waals surface area contributed by atoms with Crippen molar-refractivity contribution in [3.63, 3.8) is 0 Å². The lowest BCUT2D eigenvalue weighted by atomic mass is 9.83. The highest BCUT2D eigenvalue weighted by Gasteiger charge is 2.26. The van der Waals surface area contributed by atoms with Gasteiger partial charge in [-0.25, -0.2) is 0 Å². The number of anilines is 2. The summed E-state index contributed by atoms with van der Waals surface area (Å²) in [7, 11) is 0. The fraction of sp³-hybridized carbons (Fsp3) is 0.750. The average Bonchev–Trinajstić information content (AvgIpc) is 2.28. The lowest BCUT2D eigenvalue weighted by molar-refractivity contribution is 0.278. The van der Waals surface area contributed by atoms with Gasteiger partial charge in [-0.1, -0.05) is 20.8 Å². The van der Waals surface area contributed by atoms with E-state index in [1.54, 1.807) is 0 Å². The van der Waals surface area contributed by atoms with Crippen molar-refractivity contribution in [2.24, 2.45) is 5.41 Å². The van der Waals surface area contributed by atoms with E-state index in [1.165, 1.54) is 12.8 Å². The molecule has 0 bridgehead atoms. The zero-order valence-electron chi connectivity index (χ0n) is 10.9. The molecule has 5 heteroatoms. The van der Waals surface area contributed by atoms with Gasteiger partial charge in [0, 0.05) is 19.5 Å². The third-order valence-corrected chi connectivity index (χ3v) is 3.40.